The molecule has 0 radical (unpaired) electrons. The Morgan fingerprint density at radius 3 is 2.88 bits per heavy atom. The van der Waals surface area contributed by atoms with Gasteiger partial charge in [0.25, 0.3) is 0 Å². The minimum atomic E-state index is 0. The zero-order valence-electron chi connectivity index (χ0n) is 8.80. The lowest BCUT2D eigenvalue weighted by Crippen LogP contribution is -2.14. The summed E-state index contributed by atoms with van der Waals surface area (Å²) in [6, 6.07) is 3.43. The van der Waals surface area contributed by atoms with Crippen LogP contribution in [0.25, 0.3) is 6.08 Å². The van der Waals surface area contributed by atoms with E-state index >= 15 is 0 Å². The molecule has 1 heterocycles. The summed E-state index contributed by atoms with van der Waals surface area (Å²) in [6.07, 6.45) is 4.01. The van der Waals surface area contributed by atoms with E-state index < -0.39 is 0 Å². The van der Waals surface area contributed by atoms with Crippen molar-refractivity contribution >= 4 is 24.3 Å². The SMILES string of the molecule is COc1cc2c(cc1O)C=CN=C(N)C2.Cl. The normalized spacial score (nSPS) is 13.2. The fourth-order valence-corrected chi connectivity index (χ4v) is 1.55. The molecular formula is C11H13ClN2O2. The van der Waals surface area contributed by atoms with Crippen LogP contribution in [0, 0.1) is 0 Å². The maximum Gasteiger partial charge on any atom is 0.160 e. The molecular weight excluding hydrogens is 228 g/mol. The zero-order valence-corrected chi connectivity index (χ0v) is 9.62. The van der Waals surface area contributed by atoms with Crippen molar-refractivity contribution in [2.45, 2.75) is 6.42 Å². The van der Waals surface area contributed by atoms with E-state index in [1.165, 1.54) is 7.11 Å². The van der Waals surface area contributed by atoms with Crippen LogP contribution < -0.4 is 10.5 Å². The van der Waals surface area contributed by atoms with E-state index in [1.54, 1.807) is 18.3 Å². The first-order valence-corrected chi connectivity index (χ1v) is 4.59. The lowest BCUT2D eigenvalue weighted by atomic mass is 10.0. The van der Waals surface area contributed by atoms with Gasteiger partial charge in [0.1, 0.15) is 5.84 Å². The molecule has 0 aliphatic carbocycles. The first-order chi connectivity index (χ1) is 7.20. The van der Waals surface area contributed by atoms with Crippen LogP contribution in [0.2, 0.25) is 0 Å². The molecule has 0 spiro atoms. The minimum Gasteiger partial charge on any atom is -0.504 e. The van der Waals surface area contributed by atoms with Crippen LogP contribution in [0.3, 0.4) is 0 Å². The first-order valence-electron chi connectivity index (χ1n) is 4.59. The number of benzene rings is 1. The number of methoxy groups -OCH3 is 1. The van der Waals surface area contributed by atoms with E-state index in [9.17, 15) is 5.11 Å². The average molecular weight is 241 g/mol. The van der Waals surface area contributed by atoms with E-state index in [0.717, 1.165) is 11.1 Å². The molecule has 1 aromatic carbocycles. The van der Waals surface area contributed by atoms with E-state index in [4.69, 9.17) is 10.5 Å². The Hall–Kier alpha value is -1.68. The van der Waals surface area contributed by atoms with Crippen molar-refractivity contribution in [3.05, 3.63) is 29.5 Å². The highest BCUT2D eigenvalue weighted by Crippen LogP contribution is 2.31. The molecule has 0 amide bonds. The van der Waals surface area contributed by atoms with E-state index in [2.05, 4.69) is 4.99 Å². The molecule has 0 bridgehead atoms. The predicted octanol–water partition coefficient (Wildman–Crippen LogP) is 1.71. The van der Waals surface area contributed by atoms with Gasteiger partial charge in [-0.05, 0) is 29.3 Å². The number of halogens is 1. The number of nitrogens with zero attached hydrogens (tertiary/aromatic N) is 1. The van der Waals surface area contributed by atoms with Gasteiger partial charge in [-0.3, -0.25) is 0 Å². The maximum absolute atomic E-state index is 9.60. The highest BCUT2D eigenvalue weighted by molar-refractivity contribution is 5.86. The Morgan fingerprint density at radius 1 is 1.44 bits per heavy atom. The molecule has 3 N–H and O–H groups in total. The van der Waals surface area contributed by atoms with Gasteiger partial charge < -0.3 is 15.6 Å². The Bertz CT molecular complexity index is 456. The van der Waals surface area contributed by atoms with Crippen LogP contribution in [0.15, 0.2) is 23.3 Å². The second-order valence-electron chi connectivity index (χ2n) is 3.34. The maximum atomic E-state index is 9.60. The highest BCUT2D eigenvalue weighted by atomic mass is 35.5. The summed E-state index contributed by atoms with van der Waals surface area (Å²) < 4.78 is 5.03. The number of hydrogen-bond donors (Lipinski definition) is 2. The Morgan fingerprint density at radius 2 is 2.19 bits per heavy atom. The number of phenolic OH excluding ortho intramolecular Hbond substituents is 1. The van der Waals surface area contributed by atoms with Gasteiger partial charge in [-0.1, -0.05) is 0 Å². The van der Waals surface area contributed by atoms with Crippen LogP contribution in [0.1, 0.15) is 11.1 Å². The van der Waals surface area contributed by atoms with Crippen LogP contribution in [-0.4, -0.2) is 18.1 Å². The summed E-state index contributed by atoms with van der Waals surface area (Å²) in [5.74, 6) is 1.14. The number of hydrogen-bond acceptors (Lipinski definition) is 4. The molecule has 1 aromatic rings. The molecule has 86 valence electrons. The smallest absolute Gasteiger partial charge is 0.160 e. The lowest BCUT2D eigenvalue weighted by Gasteiger charge is -2.09. The molecule has 0 saturated heterocycles. The Balaban J connectivity index is 0.00000128. The number of nitrogens with two attached hydrogens (primary N) is 1. The monoisotopic (exact) mass is 240 g/mol. The fraction of sp³-hybridized carbons (Fsp3) is 0.182. The molecule has 16 heavy (non-hydrogen) atoms. The molecule has 1 aliphatic rings. The van der Waals surface area contributed by atoms with Crippen molar-refractivity contribution in [2.75, 3.05) is 7.11 Å². The van der Waals surface area contributed by atoms with Gasteiger partial charge in [-0.15, -0.1) is 12.4 Å². The third-order valence-electron chi connectivity index (χ3n) is 2.31. The number of aliphatic imine (C=N–C) groups is 1. The third-order valence-corrected chi connectivity index (χ3v) is 2.31. The number of ether oxygens (including phenoxy) is 1. The molecule has 2 rings (SSSR count). The van der Waals surface area contributed by atoms with Gasteiger partial charge in [-0.25, -0.2) is 4.99 Å². The van der Waals surface area contributed by atoms with Crippen molar-refractivity contribution in [1.82, 2.24) is 0 Å². The molecule has 4 nitrogen and oxygen atoms in total. The second kappa shape index (κ2) is 4.90. The van der Waals surface area contributed by atoms with Crippen molar-refractivity contribution in [2.24, 2.45) is 10.7 Å². The Kier molecular flexibility index (Phi) is 3.79. The van der Waals surface area contributed by atoms with Crippen molar-refractivity contribution < 1.29 is 9.84 Å². The summed E-state index contributed by atoms with van der Waals surface area (Å²) in [6.45, 7) is 0. The summed E-state index contributed by atoms with van der Waals surface area (Å²) in [4.78, 5) is 4.01. The van der Waals surface area contributed by atoms with Gasteiger partial charge in [0.2, 0.25) is 0 Å². The summed E-state index contributed by atoms with van der Waals surface area (Å²) >= 11 is 0. The molecule has 0 saturated carbocycles. The standard InChI is InChI=1S/C11H12N2O2.ClH/c1-15-10-5-8-6-11(12)13-3-2-7(8)4-9(10)14;/h2-5,14H,6H2,1H3,(H2,12,13);1H. The number of amidine groups is 1. The van der Waals surface area contributed by atoms with Gasteiger partial charge in [0.05, 0.1) is 7.11 Å². The quantitative estimate of drug-likeness (QED) is 0.785. The summed E-state index contributed by atoms with van der Waals surface area (Å²) in [7, 11) is 1.52. The Labute approximate surface area is 99.9 Å². The predicted molar refractivity (Wildman–Crippen MR) is 66.3 cm³/mol. The molecule has 0 atom stereocenters. The third kappa shape index (κ3) is 2.28. The van der Waals surface area contributed by atoms with Crippen LogP contribution >= 0.6 is 12.4 Å². The minimum absolute atomic E-state index is 0. The van der Waals surface area contributed by atoms with Crippen LogP contribution in [0.5, 0.6) is 11.5 Å². The van der Waals surface area contributed by atoms with E-state index in [1.807, 2.05) is 6.08 Å². The number of rotatable bonds is 1. The van der Waals surface area contributed by atoms with Gasteiger partial charge >= 0.3 is 0 Å². The topological polar surface area (TPSA) is 67.8 Å². The molecule has 5 heteroatoms. The number of aromatic hydroxyl groups is 1. The number of fused-ring (bicyclic) bond motifs is 1. The van der Waals surface area contributed by atoms with E-state index in [-0.39, 0.29) is 18.2 Å². The van der Waals surface area contributed by atoms with Gasteiger partial charge in [-0.2, -0.15) is 0 Å². The average Bonchev–Trinajstić information content (AvgIpc) is 2.37. The van der Waals surface area contributed by atoms with E-state index in [0.29, 0.717) is 18.0 Å². The van der Waals surface area contributed by atoms with Crippen molar-refractivity contribution in [3.63, 3.8) is 0 Å². The summed E-state index contributed by atoms with van der Waals surface area (Å²) in [5, 5.41) is 9.60. The number of phenols is 1. The summed E-state index contributed by atoms with van der Waals surface area (Å²) in [5.41, 5.74) is 7.59. The zero-order chi connectivity index (χ0) is 10.8. The van der Waals surface area contributed by atoms with Gasteiger partial charge in [0.15, 0.2) is 11.5 Å². The largest absolute Gasteiger partial charge is 0.504 e. The van der Waals surface area contributed by atoms with Crippen molar-refractivity contribution in [3.8, 4) is 11.5 Å². The van der Waals surface area contributed by atoms with Crippen LogP contribution in [-0.2, 0) is 6.42 Å². The lowest BCUT2D eigenvalue weighted by molar-refractivity contribution is 0.373. The molecule has 0 unspecified atom stereocenters. The molecule has 0 aromatic heterocycles. The van der Waals surface area contributed by atoms with Gasteiger partial charge in [0, 0.05) is 12.6 Å². The fourth-order valence-electron chi connectivity index (χ4n) is 1.55. The second-order valence-corrected chi connectivity index (χ2v) is 3.34. The first kappa shape index (κ1) is 12.4. The van der Waals surface area contributed by atoms with Crippen LogP contribution in [0.4, 0.5) is 0 Å². The molecule has 0 fully saturated rings. The van der Waals surface area contributed by atoms with Crippen molar-refractivity contribution in [1.29, 1.82) is 0 Å². The highest BCUT2D eigenvalue weighted by Gasteiger charge is 2.10. The molecule has 1 aliphatic heterocycles.